The first-order valence-electron chi connectivity index (χ1n) is 9.27. The minimum absolute atomic E-state index is 0.142. The first-order chi connectivity index (χ1) is 13.3. The summed E-state index contributed by atoms with van der Waals surface area (Å²) < 4.78 is 0. The Morgan fingerprint density at radius 1 is 1.32 bits per heavy atom. The molecule has 1 heterocycles. The second-order valence-corrected chi connectivity index (χ2v) is 7.49. The van der Waals surface area contributed by atoms with Gasteiger partial charge in [0.15, 0.2) is 5.78 Å². The number of rotatable bonds is 5. The van der Waals surface area contributed by atoms with E-state index in [1.807, 2.05) is 41.4 Å². The first-order valence-corrected chi connectivity index (χ1v) is 9.27. The highest BCUT2D eigenvalue weighted by molar-refractivity contribution is 6.02. The third-order valence-electron chi connectivity index (χ3n) is 4.88. The number of carboxylic acid groups (broad SMARTS) is 1. The molecule has 1 unspecified atom stereocenters. The molecule has 0 radical (unpaired) electrons. The number of ketones is 1. The van der Waals surface area contributed by atoms with Crippen LogP contribution in [0.3, 0.4) is 0 Å². The fourth-order valence-corrected chi connectivity index (χ4v) is 3.64. The van der Waals surface area contributed by atoms with Gasteiger partial charge in [0.2, 0.25) is 0 Å². The molecule has 6 nitrogen and oxygen atoms in total. The lowest BCUT2D eigenvalue weighted by molar-refractivity contribution is -0.125. The van der Waals surface area contributed by atoms with Gasteiger partial charge in [0.05, 0.1) is 5.92 Å². The minimum atomic E-state index is -1.08. The van der Waals surface area contributed by atoms with Crippen molar-refractivity contribution >= 4 is 23.7 Å². The zero-order chi connectivity index (χ0) is 20.4. The predicted molar refractivity (Wildman–Crippen MR) is 106 cm³/mol. The molecule has 2 aliphatic rings. The Labute approximate surface area is 164 Å². The van der Waals surface area contributed by atoms with E-state index in [4.69, 9.17) is 0 Å². The number of hydrogen-bond donors (Lipinski definition) is 1. The van der Waals surface area contributed by atoms with Gasteiger partial charge in [0, 0.05) is 31.8 Å². The average Bonchev–Trinajstić information content (AvgIpc) is 2.66. The van der Waals surface area contributed by atoms with E-state index >= 15 is 0 Å². The van der Waals surface area contributed by atoms with Gasteiger partial charge < -0.3 is 14.8 Å². The van der Waals surface area contributed by atoms with E-state index < -0.39 is 12.0 Å². The highest BCUT2D eigenvalue weighted by Gasteiger charge is 2.35. The summed E-state index contributed by atoms with van der Waals surface area (Å²) in [5, 5.41) is 9.70. The highest BCUT2D eigenvalue weighted by Crippen LogP contribution is 2.42. The van der Waals surface area contributed by atoms with Crippen LogP contribution >= 0.6 is 0 Å². The lowest BCUT2D eigenvalue weighted by Crippen LogP contribution is -2.39. The van der Waals surface area contributed by atoms with Crippen molar-refractivity contribution in [2.45, 2.75) is 20.3 Å². The molecule has 0 saturated carbocycles. The fourth-order valence-electron chi connectivity index (χ4n) is 3.64. The van der Waals surface area contributed by atoms with Crippen LogP contribution < -0.4 is 0 Å². The second-order valence-electron chi connectivity index (χ2n) is 7.49. The van der Waals surface area contributed by atoms with Crippen LogP contribution in [0, 0.1) is 11.8 Å². The zero-order valence-corrected chi connectivity index (χ0v) is 16.3. The SMILES string of the molecule is CC(C)CN1C=C2CC(=O)C(C=O)C=C2C(c2ccccc2)=C1N(C)C(=O)O. The van der Waals surface area contributed by atoms with E-state index in [0.29, 0.717) is 18.7 Å². The van der Waals surface area contributed by atoms with E-state index in [1.165, 1.54) is 11.9 Å². The van der Waals surface area contributed by atoms with Crippen LogP contribution in [0.15, 0.2) is 59.6 Å². The van der Waals surface area contributed by atoms with E-state index in [0.717, 1.165) is 22.3 Å². The van der Waals surface area contributed by atoms with Crippen molar-refractivity contribution in [2.24, 2.45) is 11.8 Å². The molecule has 3 rings (SSSR count). The number of benzene rings is 1. The molecule has 1 atom stereocenters. The Morgan fingerprint density at radius 2 is 2.00 bits per heavy atom. The van der Waals surface area contributed by atoms with Crippen molar-refractivity contribution in [1.82, 2.24) is 9.80 Å². The molecule has 1 aliphatic heterocycles. The van der Waals surface area contributed by atoms with Gasteiger partial charge in [-0.05, 0) is 22.6 Å². The summed E-state index contributed by atoms with van der Waals surface area (Å²) in [6.07, 6.45) is 3.25. The number of amides is 1. The van der Waals surface area contributed by atoms with Gasteiger partial charge in [-0.25, -0.2) is 4.79 Å². The molecule has 1 aromatic rings. The number of allylic oxidation sites excluding steroid dienone is 4. The molecule has 1 amide bonds. The molecule has 1 aliphatic carbocycles. The van der Waals surface area contributed by atoms with Crippen molar-refractivity contribution in [3.8, 4) is 0 Å². The first kappa shape index (κ1) is 19.6. The van der Waals surface area contributed by atoms with Crippen molar-refractivity contribution in [3.63, 3.8) is 0 Å². The van der Waals surface area contributed by atoms with Gasteiger partial charge in [-0.1, -0.05) is 50.3 Å². The molecule has 6 heteroatoms. The van der Waals surface area contributed by atoms with E-state index in [1.54, 1.807) is 6.08 Å². The number of hydrogen-bond acceptors (Lipinski definition) is 4. The Hall–Kier alpha value is -3.15. The number of carbonyl (C=O) groups excluding carboxylic acids is 2. The number of nitrogens with zero attached hydrogens (tertiary/aromatic N) is 2. The molecule has 0 saturated heterocycles. The van der Waals surface area contributed by atoms with Gasteiger partial charge in [-0.2, -0.15) is 0 Å². The van der Waals surface area contributed by atoms with E-state index in [9.17, 15) is 19.5 Å². The summed E-state index contributed by atoms with van der Waals surface area (Å²) in [5.41, 5.74) is 3.13. The Bertz CT molecular complexity index is 896. The smallest absolute Gasteiger partial charge is 0.412 e. The van der Waals surface area contributed by atoms with Gasteiger partial charge in [0.25, 0.3) is 0 Å². The summed E-state index contributed by atoms with van der Waals surface area (Å²) >= 11 is 0. The number of Topliss-reactive ketones (excluding diaryl/α,β-unsaturated/α-hetero) is 1. The van der Waals surface area contributed by atoms with E-state index in [2.05, 4.69) is 13.8 Å². The fraction of sp³-hybridized carbons (Fsp3) is 0.318. The summed E-state index contributed by atoms with van der Waals surface area (Å²) in [6, 6.07) is 9.49. The molecule has 146 valence electrons. The van der Waals surface area contributed by atoms with Crippen LogP contribution in [0.1, 0.15) is 25.8 Å². The molecule has 0 fully saturated rings. The average molecular weight is 380 g/mol. The predicted octanol–water partition coefficient (Wildman–Crippen LogP) is 3.53. The highest BCUT2D eigenvalue weighted by atomic mass is 16.4. The molecule has 1 N–H and O–H groups in total. The summed E-state index contributed by atoms with van der Waals surface area (Å²) in [5.74, 6) is -0.143. The summed E-state index contributed by atoms with van der Waals surface area (Å²) in [6.45, 7) is 4.71. The number of carbonyl (C=O) groups is 3. The van der Waals surface area contributed by atoms with Crippen LogP contribution in [-0.2, 0) is 9.59 Å². The Balaban J connectivity index is 2.30. The van der Waals surface area contributed by atoms with Crippen molar-refractivity contribution < 1.29 is 19.5 Å². The third kappa shape index (κ3) is 3.63. The molecular weight excluding hydrogens is 356 g/mol. The summed E-state index contributed by atoms with van der Waals surface area (Å²) in [7, 11) is 1.51. The Morgan fingerprint density at radius 3 is 2.57 bits per heavy atom. The van der Waals surface area contributed by atoms with Gasteiger partial charge in [0.1, 0.15) is 12.1 Å². The van der Waals surface area contributed by atoms with E-state index in [-0.39, 0.29) is 18.1 Å². The topological polar surface area (TPSA) is 77.9 Å². The van der Waals surface area contributed by atoms with Crippen molar-refractivity contribution in [2.75, 3.05) is 13.6 Å². The maximum Gasteiger partial charge on any atom is 0.412 e. The van der Waals surface area contributed by atoms with Crippen molar-refractivity contribution in [1.29, 1.82) is 0 Å². The standard InChI is InChI=1S/C22H24N2O4/c1-14(2)11-24-12-16-10-19(26)17(13-25)9-18(16)20(15-7-5-4-6-8-15)21(24)23(3)22(27)28/h4-9,12-14,17H,10-11H2,1-3H3,(H,27,28). The lowest BCUT2D eigenvalue weighted by Gasteiger charge is -2.39. The number of aldehydes is 1. The monoisotopic (exact) mass is 380 g/mol. The summed E-state index contributed by atoms with van der Waals surface area (Å²) in [4.78, 5) is 38.7. The zero-order valence-electron chi connectivity index (χ0n) is 16.3. The van der Waals surface area contributed by atoms with Crippen LogP contribution in [0.4, 0.5) is 4.79 Å². The molecule has 28 heavy (non-hydrogen) atoms. The molecule has 0 aromatic heterocycles. The van der Waals surface area contributed by atoms with Crippen molar-refractivity contribution in [3.05, 3.63) is 65.1 Å². The minimum Gasteiger partial charge on any atom is -0.465 e. The molecular formula is C22H24N2O4. The van der Waals surface area contributed by atoms with Crippen LogP contribution in [0.2, 0.25) is 0 Å². The third-order valence-corrected chi connectivity index (χ3v) is 4.88. The van der Waals surface area contributed by atoms with Gasteiger partial charge >= 0.3 is 6.09 Å². The molecule has 0 spiro atoms. The number of fused-ring (bicyclic) bond motifs is 1. The van der Waals surface area contributed by atoms with Gasteiger partial charge in [-0.3, -0.25) is 9.69 Å². The quantitative estimate of drug-likeness (QED) is 0.624. The van der Waals surface area contributed by atoms with Gasteiger partial charge in [-0.15, -0.1) is 0 Å². The lowest BCUT2D eigenvalue weighted by atomic mass is 9.79. The molecule has 1 aromatic carbocycles. The van der Waals surface area contributed by atoms with Crippen LogP contribution in [0.5, 0.6) is 0 Å². The van der Waals surface area contributed by atoms with Crippen LogP contribution in [-0.4, -0.2) is 46.7 Å². The molecule has 0 bridgehead atoms. The maximum atomic E-state index is 12.3. The van der Waals surface area contributed by atoms with Crippen LogP contribution in [0.25, 0.3) is 5.57 Å². The Kier molecular flexibility index (Phi) is 5.49. The second kappa shape index (κ2) is 7.84. The normalized spacial score (nSPS) is 19.2. The largest absolute Gasteiger partial charge is 0.465 e. The maximum absolute atomic E-state index is 12.3.